The first-order valence-corrected chi connectivity index (χ1v) is 13.5. The fourth-order valence-electron chi connectivity index (χ4n) is 5.45. The van der Waals surface area contributed by atoms with Crippen LogP contribution in [0.1, 0.15) is 75.1 Å². The standard InChI is InChI=1S/C27H40N4O5/c1-3-13-28-27(34)30-19-9-12-23-21(14-19)26(33)31(2)22-11-10-20(36-24(22)17-35-23)15-25(32)29-16-18-7-5-4-6-8-18/h9,12,14,18,20,22,24H,3-8,10-11,13,15-17H2,1-2H3,(H,29,32)(H2,28,30,34)/t20-,22-,24-/m0/s1. The maximum atomic E-state index is 13.3. The third-order valence-electron chi connectivity index (χ3n) is 7.53. The SMILES string of the molecule is CCCNC(=O)Nc1ccc2c(c1)C(=O)N(C)[C@H]1CC[C@@H](CC(=O)NCC3CCCCC3)O[C@H]1CO2. The van der Waals surface area contributed by atoms with Gasteiger partial charge in [0.15, 0.2) is 0 Å². The third kappa shape index (κ3) is 6.69. The second kappa shape index (κ2) is 12.4. The van der Waals surface area contributed by atoms with Gasteiger partial charge in [0, 0.05) is 25.8 Å². The van der Waals surface area contributed by atoms with Gasteiger partial charge in [-0.3, -0.25) is 9.59 Å². The van der Waals surface area contributed by atoms with Crippen LogP contribution in [0.4, 0.5) is 10.5 Å². The van der Waals surface area contributed by atoms with Crippen molar-refractivity contribution in [2.45, 2.75) is 83.0 Å². The van der Waals surface area contributed by atoms with Gasteiger partial charge in [-0.2, -0.15) is 0 Å². The number of benzene rings is 1. The van der Waals surface area contributed by atoms with Gasteiger partial charge in [0.2, 0.25) is 5.91 Å². The zero-order chi connectivity index (χ0) is 25.5. The molecule has 0 aromatic heterocycles. The van der Waals surface area contributed by atoms with Gasteiger partial charge >= 0.3 is 6.03 Å². The van der Waals surface area contributed by atoms with Crippen LogP contribution in [0.2, 0.25) is 0 Å². The molecular weight excluding hydrogens is 460 g/mol. The van der Waals surface area contributed by atoms with Crippen LogP contribution in [0.3, 0.4) is 0 Å². The van der Waals surface area contributed by atoms with Crippen molar-refractivity contribution in [1.82, 2.24) is 15.5 Å². The summed E-state index contributed by atoms with van der Waals surface area (Å²) in [6.45, 7) is 3.60. The maximum absolute atomic E-state index is 13.3. The number of urea groups is 1. The Hall–Kier alpha value is -2.81. The predicted octanol–water partition coefficient (Wildman–Crippen LogP) is 3.69. The van der Waals surface area contributed by atoms with Gasteiger partial charge in [0.1, 0.15) is 18.5 Å². The number of hydrogen-bond donors (Lipinski definition) is 3. The average molecular weight is 501 g/mol. The number of anilines is 1. The Kier molecular flexibility index (Phi) is 9.07. The van der Waals surface area contributed by atoms with Crippen molar-refractivity contribution in [2.24, 2.45) is 5.92 Å². The molecule has 0 unspecified atom stereocenters. The largest absolute Gasteiger partial charge is 0.490 e. The molecule has 36 heavy (non-hydrogen) atoms. The van der Waals surface area contributed by atoms with Gasteiger partial charge in [-0.1, -0.05) is 26.2 Å². The van der Waals surface area contributed by atoms with Crippen molar-refractivity contribution < 1.29 is 23.9 Å². The van der Waals surface area contributed by atoms with E-state index in [4.69, 9.17) is 9.47 Å². The summed E-state index contributed by atoms with van der Waals surface area (Å²) >= 11 is 0. The molecule has 9 heteroatoms. The van der Waals surface area contributed by atoms with Crippen LogP contribution in [0.5, 0.6) is 5.75 Å². The minimum absolute atomic E-state index is 0.0357. The number of hydrogen-bond acceptors (Lipinski definition) is 5. The first kappa shape index (κ1) is 26.3. The zero-order valence-corrected chi connectivity index (χ0v) is 21.5. The van der Waals surface area contributed by atoms with Gasteiger partial charge in [-0.25, -0.2) is 4.79 Å². The smallest absolute Gasteiger partial charge is 0.319 e. The fraction of sp³-hybridized carbons (Fsp3) is 0.667. The van der Waals surface area contributed by atoms with Crippen molar-refractivity contribution in [1.29, 1.82) is 0 Å². The van der Waals surface area contributed by atoms with E-state index in [1.54, 1.807) is 30.1 Å². The van der Waals surface area contributed by atoms with Crippen LogP contribution in [-0.2, 0) is 9.53 Å². The van der Waals surface area contributed by atoms with Crippen LogP contribution < -0.4 is 20.7 Å². The number of carbonyl (C=O) groups is 3. The van der Waals surface area contributed by atoms with E-state index in [0.29, 0.717) is 48.9 Å². The maximum Gasteiger partial charge on any atom is 0.319 e. The highest BCUT2D eigenvalue weighted by Crippen LogP contribution is 2.32. The van der Waals surface area contributed by atoms with Crippen LogP contribution >= 0.6 is 0 Å². The summed E-state index contributed by atoms with van der Waals surface area (Å²) in [6, 6.07) is 4.63. The molecule has 0 spiro atoms. The zero-order valence-electron chi connectivity index (χ0n) is 21.5. The van der Waals surface area contributed by atoms with Crippen molar-refractivity contribution in [3.8, 4) is 5.75 Å². The number of fused-ring (bicyclic) bond motifs is 2. The minimum Gasteiger partial charge on any atom is -0.490 e. The van der Waals surface area contributed by atoms with E-state index in [9.17, 15) is 14.4 Å². The summed E-state index contributed by atoms with van der Waals surface area (Å²) in [5.74, 6) is 0.915. The third-order valence-corrected chi connectivity index (χ3v) is 7.53. The summed E-state index contributed by atoms with van der Waals surface area (Å²) in [4.78, 5) is 39.7. The Morgan fingerprint density at radius 2 is 1.89 bits per heavy atom. The molecule has 2 heterocycles. The summed E-state index contributed by atoms with van der Waals surface area (Å²) < 4.78 is 12.3. The topological polar surface area (TPSA) is 109 Å². The van der Waals surface area contributed by atoms with Gasteiger partial charge in [-0.15, -0.1) is 0 Å². The number of nitrogens with zero attached hydrogens (tertiary/aromatic N) is 1. The summed E-state index contributed by atoms with van der Waals surface area (Å²) in [5, 5.41) is 8.64. The Morgan fingerprint density at radius 1 is 1.08 bits per heavy atom. The Bertz CT molecular complexity index is 933. The number of nitrogens with one attached hydrogen (secondary N) is 3. The van der Waals surface area contributed by atoms with Gasteiger partial charge in [0.05, 0.1) is 24.1 Å². The van der Waals surface area contributed by atoms with E-state index >= 15 is 0 Å². The van der Waals surface area contributed by atoms with Crippen LogP contribution in [0.15, 0.2) is 18.2 Å². The van der Waals surface area contributed by atoms with E-state index in [2.05, 4.69) is 16.0 Å². The molecule has 2 aliphatic heterocycles. The predicted molar refractivity (Wildman–Crippen MR) is 137 cm³/mol. The quantitative estimate of drug-likeness (QED) is 0.529. The Labute approximate surface area is 213 Å². The molecule has 1 saturated carbocycles. The van der Waals surface area contributed by atoms with Crippen molar-refractivity contribution >= 4 is 23.5 Å². The summed E-state index contributed by atoms with van der Waals surface area (Å²) in [7, 11) is 1.78. The van der Waals surface area contributed by atoms with Crippen molar-refractivity contribution in [2.75, 3.05) is 32.1 Å². The lowest BCUT2D eigenvalue weighted by atomic mass is 9.89. The van der Waals surface area contributed by atoms with E-state index < -0.39 is 0 Å². The number of amides is 4. The molecule has 0 radical (unpaired) electrons. The van der Waals surface area contributed by atoms with Gasteiger partial charge in [-0.05, 0) is 56.2 Å². The summed E-state index contributed by atoms with van der Waals surface area (Å²) in [5.41, 5.74) is 0.942. The molecule has 1 aliphatic carbocycles. The highest BCUT2D eigenvalue weighted by molar-refractivity contribution is 5.99. The molecule has 3 aliphatic rings. The van der Waals surface area contributed by atoms with E-state index in [0.717, 1.165) is 19.4 Å². The van der Waals surface area contributed by atoms with Crippen molar-refractivity contribution in [3.05, 3.63) is 23.8 Å². The molecule has 9 nitrogen and oxygen atoms in total. The molecule has 3 N–H and O–H groups in total. The number of carbonyl (C=O) groups excluding carboxylic acids is 3. The average Bonchev–Trinajstić information content (AvgIpc) is 2.89. The van der Waals surface area contributed by atoms with E-state index in [-0.39, 0.29) is 36.1 Å². The molecule has 1 aromatic carbocycles. The second-order valence-electron chi connectivity index (χ2n) is 10.3. The molecule has 1 saturated heterocycles. The first-order valence-electron chi connectivity index (χ1n) is 13.5. The molecule has 3 atom stereocenters. The normalized spacial score (nSPS) is 24.4. The Balaban J connectivity index is 1.34. The molecule has 2 fully saturated rings. The number of likely N-dealkylation sites (N-methyl/N-ethyl adjacent to an activating group) is 1. The van der Waals surface area contributed by atoms with Crippen LogP contribution in [0, 0.1) is 5.92 Å². The monoisotopic (exact) mass is 500 g/mol. The molecule has 1 aromatic rings. The lowest BCUT2D eigenvalue weighted by Crippen LogP contribution is -2.54. The lowest BCUT2D eigenvalue weighted by Gasteiger charge is -2.42. The number of rotatable bonds is 7. The second-order valence-corrected chi connectivity index (χ2v) is 10.3. The summed E-state index contributed by atoms with van der Waals surface area (Å²) in [6.07, 6.45) is 8.36. The van der Waals surface area contributed by atoms with Gasteiger partial charge in [0.25, 0.3) is 5.91 Å². The lowest BCUT2D eigenvalue weighted by molar-refractivity contribution is -0.134. The van der Waals surface area contributed by atoms with Gasteiger partial charge < -0.3 is 30.3 Å². The van der Waals surface area contributed by atoms with E-state index in [1.807, 2.05) is 6.92 Å². The Morgan fingerprint density at radius 3 is 2.67 bits per heavy atom. The minimum atomic E-state index is -0.311. The molecule has 4 amide bonds. The molecule has 4 rings (SSSR count). The van der Waals surface area contributed by atoms with Crippen molar-refractivity contribution in [3.63, 3.8) is 0 Å². The number of ether oxygens (including phenoxy) is 2. The molecule has 198 valence electrons. The van der Waals surface area contributed by atoms with Crippen LogP contribution in [0.25, 0.3) is 0 Å². The highest BCUT2D eigenvalue weighted by Gasteiger charge is 2.39. The van der Waals surface area contributed by atoms with Crippen LogP contribution in [-0.4, -0.2) is 67.7 Å². The van der Waals surface area contributed by atoms with E-state index in [1.165, 1.54) is 32.1 Å². The first-order chi connectivity index (χ1) is 17.4. The highest BCUT2D eigenvalue weighted by atomic mass is 16.5. The molecular formula is C27H40N4O5. The molecule has 0 bridgehead atoms. The fourth-order valence-corrected chi connectivity index (χ4v) is 5.45.